The van der Waals surface area contributed by atoms with Gasteiger partial charge in [0.2, 0.25) is 5.91 Å². The lowest BCUT2D eigenvalue weighted by Crippen LogP contribution is -2.47. The van der Waals surface area contributed by atoms with E-state index in [0.29, 0.717) is 23.8 Å². The highest BCUT2D eigenvalue weighted by atomic mass is 35.5. The number of nitrogens with zero attached hydrogens (tertiary/aromatic N) is 2. The molecule has 150 valence electrons. The summed E-state index contributed by atoms with van der Waals surface area (Å²) < 4.78 is 42.2. The Balaban J connectivity index is 1.65. The molecule has 0 aliphatic carbocycles. The molecule has 3 aromatic rings. The first kappa shape index (κ1) is 19.4. The van der Waals surface area contributed by atoms with E-state index in [4.69, 9.17) is 11.6 Å². The lowest BCUT2D eigenvalue weighted by molar-refractivity contribution is -0.120. The van der Waals surface area contributed by atoms with Crippen molar-refractivity contribution < 1.29 is 17.6 Å². The second-order valence-corrected chi connectivity index (χ2v) is 8.55. The monoisotopic (exact) mass is 434 g/mol. The van der Waals surface area contributed by atoms with Crippen LogP contribution in [0.3, 0.4) is 0 Å². The number of nitrogens with one attached hydrogen (secondary N) is 2. The topological polar surface area (TPSA) is 91.4 Å². The summed E-state index contributed by atoms with van der Waals surface area (Å²) in [7, 11) is -4.01. The smallest absolute Gasteiger partial charge is 0.262 e. The van der Waals surface area contributed by atoms with Crippen LogP contribution in [-0.2, 0) is 14.8 Å². The quantitative estimate of drug-likeness (QED) is 0.658. The molecule has 1 amide bonds. The minimum Gasteiger partial charge on any atom is -0.359 e. The summed E-state index contributed by atoms with van der Waals surface area (Å²) in [6.07, 6.45) is 1.40. The van der Waals surface area contributed by atoms with Gasteiger partial charge in [0.05, 0.1) is 27.8 Å². The average molecular weight is 435 g/mol. The number of hydrogen-bond donors (Lipinski definition) is 2. The van der Waals surface area contributed by atoms with Gasteiger partial charge in [-0.05, 0) is 42.5 Å². The number of benzene rings is 2. The molecule has 0 atom stereocenters. The van der Waals surface area contributed by atoms with E-state index >= 15 is 0 Å². The summed E-state index contributed by atoms with van der Waals surface area (Å²) in [5, 5.41) is 3.23. The predicted octanol–water partition coefficient (Wildman–Crippen LogP) is 2.76. The SMILES string of the molecule is O=C1CN(c2ccc(NS(=O)(=O)c3ccc(F)c4ncccc34)cc2Cl)CCN1. The molecule has 1 aromatic heterocycles. The lowest BCUT2D eigenvalue weighted by Gasteiger charge is -2.29. The van der Waals surface area contributed by atoms with Crippen LogP contribution in [0.1, 0.15) is 0 Å². The maximum atomic E-state index is 14.0. The van der Waals surface area contributed by atoms with E-state index in [1.165, 1.54) is 24.4 Å². The van der Waals surface area contributed by atoms with Crippen LogP contribution in [0.2, 0.25) is 5.02 Å². The molecule has 1 saturated heterocycles. The van der Waals surface area contributed by atoms with Crippen LogP contribution >= 0.6 is 11.6 Å². The fraction of sp³-hybridized carbons (Fsp3) is 0.158. The second-order valence-electron chi connectivity index (χ2n) is 6.49. The van der Waals surface area contributed by atoms with Crippen molar-refractivity contribution in [2.75, 3.05) is 29.3 Å². The molecule has 0 bridgehead atoms. The standard InChI is InChI=1S/C19H16ClFN4O3S/c20-14-10-12(3-5-16(14)25-9-8-22-18(26)11-25)24-29(27,28)17-6-4-15(21)19-13(17)2-1-7-23-19/h1-7,10,24H,8-9,11H2,(H,22,26). The van der Waals surface area contributed by atoms with Crippen LogP contribution in [0.4, 0.5) is 15.8 Å². The van der Waals surface area contributed by atoms with Crippen molar-refractivity contribution in [3.63, 3.8) is 0 Å². The van der Waals surface area contributed by atoms with E-state index in [1.54, 1.807) is 18.2 Å². The number of sulfonamides is 1. The molecule has 29 heavy (non-hydrogen) atoms. The highest BCUT2D eigenvalue weighted by molar-refractivity contribution is 7.93. The maximum Gasteiger partial charge on any atom is 0.262 e. The van der Waals surface area contributed by atoms with Crippen molar-refractivity contribution in [3.8, 4) is 0 Å². The molecule has 7 nitrogen and oxygen atoms in total. The van der Waals surface area contributed by atoms with Crippen LogP contribution in [0.15, 0.2) is 53.6 Å². The molecule has 0 radical (unpaired) electrons. The summed E-state index contributed by atoms with van der Waals surface area (Å²) in [5.41, 5.74) is 0.870. The Morgan fingerprint density at radius 2 is 2.03 bits per heavy atom. The van der Waals surface area contributed by atoms with E-state index in [0.717, 1.165) is 6.07 Å². The number of piperazine rings is 1. The van der Waals surface area contributed by atoms with Crippen LogP contribution in [0.5, 0.6) is 0 Å². The lowest BCUT2D eigenvalue weighted by atomic mass is 10.2. The van der Waals surface area contributed by atoms with Gasteiger partial charge < -0.3 is 10.2 Å². The molecule has 2 N–H and O–H groups in total. The molecule has 0 saturated carbocycles. The van der Waals surface area contributed by atoms with E-state index in [-0.39, 0.29) is 33.9 Å². The summed E-state index contributed by atoms with van der Waals surface area (Å²) in [6, 6.07) is 10.0. The van der Waals surface area contributed by atoms with Crippen molar-refractivity contribution >= 4 is 49.8 Å². The first-order chi connectivity index (χ1) is 13.8. The van der Waals surface area contributed by atoms with E-state index in [9.17, 15) is 17.6 Å². The van der Waals surface area contributed by atoms with Crippen molar-refractivity contribution in [3.05, 3.63) is 59.5 Å². The van der Waals surface area contributed by atoms with E-state index < -0.39 is 15.8 Å². The van der Waals surface area contributed by atoms with Gasteiger partial charge in [-0.3, -0.25) is 14.5 Å². The third-order valence-corrected chi connectivity index (χ3v) is 6.29. The molecule has 10 heteroatoms. The number of rotatable bonds is 4. The van der Waals surface area contributed by atoms with E-state index in [2.05, 4.69) is 15.0 Å². The Morgan fingerprint density at radius 3 is 2.79 bits per heavy atom. The number of carbonyl (C=O) groups is 1. The molecule has 2 heterocycles. The predicted molar refractivity (Wildman–Crippen MR) is 109 cm³/mol. The molecule has 4 rings (SSSR count). The third-order valence-electron chi connectivity index (χ3n) is 4.55. The van der Waals surface area contributed by atoms with Crippen LogP contribution in [-0.4, -0.2) is 38.9 Å². The van der Waals surface area contributed by atoms with Gasteiger partial charge in [-0.1, -0.05) is 11.6 Å². The Bertz CT molecular complexity index is 1220. The zero-order chi connectivity index (χ0) is 20.6. The molecule has 1 fully saturated rings. The number of hydrogen-bond acceptors (Lipinski definition) is 5. The van der Waals surface area contributed by atoms with Gasteiger partial charge in [-0.15, -0.1) is 0 Å². The largest absolute Gasteiger partial charge is 0.359 e. The molecule has 1 aliphatic heterocycles. The van der Waals surface area contributed by atoms with Crippen molar-refractivity contribution in [2.24, 2.45) is 0 Å². The van der Waals surface area contributed by atoms with E-state index in [1.807, 2.05) is 4.90 Å². The number of carbonyl (C=O) groups excluding carboxylic acids is 1. The number of anilines is 2. The molecule has 1 aliphatic rings. The summed E-state index contributed by atoms with van der Waals surface area (Å²) in [4.78, 5) is 17.2. The zero-order valence-corrected chi connectivity index (χ0v) is 16.6. The van der Waals surface area contributed by atoms with Gasteiger partial charge in [0.1, 0.15) is 11.3 Å². The van der Waals surface area contributed by atoms with Crippen molar-refractivity contribution in [1.82, 2.24) is 10.3 Å². The summed E-state index contributed by atoms with van der Waals surface area (Å²) in [6.45, 7) is 1.29. The molecule has 2 aromatic carbocycles. The Labute approximate surface area is 171 Å². The van der Waals surface area contributed by atoms with Gasteiger partial charge >= 0.3 is 0 Å². The maximum absolute atomic E-state index is 14.0. The number of pyridine rings is 1. The van der Waals surface area contributed by atoms with Gasteiger partial charge in [-0.2, -0.15) is 0 Å². The number of fused-ring (bicyclic) bond motifs is 1. The van der Waals surface area contributed by atoms with Gasteiger partial charge in [0.25, 0.3) is 10.0 Å². The Kier molecular flexibility index (Phi) is 5.01. The molecular formula is C19H16ClFN4O3S. The highest BCUT2D eigenvalue weighted by Gasteiger charge is 2.22. The van der Waals surface area contributed by atoms with Gasteiger partial charge in [-0.25, -0.2) is 12.8 Å². The van der Waals surface area contributed by atoms with Crippen LogP contribution < -0.4 is 14.9 Å². The summed E-state index contributed by atoms with van der Waals surface area (Å²) >= 11 is 6.33. The first-order valence-corrected chi connectivity index (χ1v) is 10.6. The average Bonchev–Trinajstić information content (AvgIpc) is 2.68. The highest BCUT2D eigenvalue weighted by Crippen LogP contribution is 2.31. The van der Waals surface area contributed by atoms with Gasteiger partial charge in [0.15, 0.2) is 0 Å². The Hall–Kier alpha value is -2.91. The number of amides is 1. The third kappa shape index (κ3) is 3.83. The molecule has 0 unspecified atom stereocenters. The summed E-state index contributed by atoms with van der Waals surface area (Å²) in [5.74, 6) is -0.702. The fourth-order valence-corrected chi connectivity index (χ4v) is 4.78. The fourth-order valence-electron chi connectivity index (χ4n) is 3.23. The van der Waals surface area contributed by atoms with Crippen molar-refractivity contribution in [2.45, 2.75) is 4.90 Å². The van der Waals surface area contributed by atoms with Crippen LogP contribution in [0.25, 0.3) is 10.9 Å². The molecule has 0 spiro atoms. The van der Waals surface area contributed by atoms with Crippen LogP contribution in [0, 0.1) is 5.82 Å². The first-order valence-electron chi connectivity index (χ1n) is 8.72. The number of aromatic nitrogens is 1. The number of halogens is 2. The second kappa shape index (κ2) is 7.49. The Morgan fingerprint density at radius 1 is 1.21 bits per heavy atom. The zero-order valence-electron chi connectivity index (χ0n) is 15.0. The molecular weight excluding hydrogens is 419 g/mol. The normalized spacial score (nSPS) is 14.7. The van der Waals surface area contributed by atoms with Gasteiger partial charge in [0, 0.05) is 24.7 Å². The minimum absolute atomic E-state index is 0.0212. The van der Waals surface area contributed by atoms with Crippen molar-refractivity contribution in [1.29, 1.82) is 0 Å². The minimum atomic E-state index is -4.01.